The summed E-state index contributed by atoms with van der Waals surface area (Å²) in [5.74, 6) is 6.10. The Labute approximate surface area is 318 Å². The minimum Gasteiger partial charge on any atom is -1.00 e. The van der Waals surface area contributed by atoms with Crippen molar-refractivity contribution in [3.05, 3.63) is 84.2 Å². The molecule has 6 heterocycles. The quantitative estimate of drug-likeness (QED) is 0.163. The summed E-state index contributed by atoms with van der Waals surface area (Å²) in [5, 5.41) is 4.17. The van der Waals surface area contributed by atoms with Gasteiger partial charge >= 0.3 is 0 Å². The number of halogens is 2. The van der Waals surface area contributed by atoms with E-state index in [0.717, 1.165) is 93.4 Å². The van der Waals surface area contributed by atoms with Gasteiger partial charge in [-0.1, -0.05) is 0 Å². The van der Waals surface area contributed by atoms with Crippen LogP contribution < -0.4 is 71.8 Å². The van der Waals surface area contributed by atoms with Gasteiger partial charge in [0.05, 0.1) is 49.3 Å². The molecule has 12 heteroatoms. The lowest BCUT2D eigenvalue weighted by atomic mass is 9.95. The number of pyridine rings is 2. The Bertz CT molecular complexity index is 2250. The molecule has 0 unspecified atom stereocenters. The molecule has 0 bridgehead atoms. The molecule has 0 aliphatic carbocycles. The van der Waals surface area contributed by atoms with Gasteiger partial charge in [-0.15, -0.1) is 0 Å². The van der Waals surface area contributed by atoms with Crippen molar-refractivity contribution in [1.82, 2.24) is 0 Å². The predicted molar refractivity (Wildman–Crippen MR) is 188 cm³/mol. The third-order valence-electron chi connectivity index (χ3n) is 10.4. The van der Waals surface area contributed by atoms with Crippen LogP contribution in [0.15, 0.2) is 73.1 Å². The molecule has 0 atom stereocenters. The van der Waals surface area contributed by atoms with Gasteiger partial charge in [-0.2, -0.15) is 9.13 Å². The van der Waals surface area contributed by atoms with Crippen LogP contribution in [0, 0.1) is 0 Å². The third-order valence-corrected chi connectivity index (χ3v) is 10.4. The lowest BCUT2D eigenvalue weighted by Gasteiger charge is -2.18. The van der Waals surface area contributed by atoms with Gasteiger partial charge in [-0.05, 0) is 70.4 Å². The fraction of sp³-hybridized carbons (Fsp3) is 0.268. The van der Waals surface area contributed by atoms with Gasteiger partial charge in [0.2, 0.25) is 25.0 Å². The van der Waals surface area contributed by atoms with Crippen molar-refractivity contribution in [2.75, 3.05) is 41.0 Å². The van der Waals surface area contributed by atoms with E-state index in [1.54, 1.807) is 14.2 Å². The number of hydrogen-bond acceptors (Lipinski definition) is 8. The average Bonchev–Trinajstić information content (AvgIpc) is 3.83. The molecular weight excluding hydrogens is 719 g/mol. The number of fused-ring (bicyclic) bond motifs is 10. The fourth-order valence-corrected chi connectivity index (χ4v) is 7.82. The highest BCUT2D eigenvalue weighted by Crippen LogP contribution is 2.43. The Morgan fingerprint density at radius 1 is 0.566 bits per heavy atom. The maximum atomic E-state index is 6.47. The molecule has 0 amide bonds. The lowest BCUT2D eigenvalue weighted by Crippen LogP contribution is -3.00. The molecule has 0 saturated heterocycles. The van der Waals surface area contributed by atoms with Crippen molar-refractivity contribution in [2.24, 2.45) is 0 Å². The molecule has 10 rings (SSSR count). The van der Waals surface area contributed by atoms with Crippen LogP contribution in [0.1, 0.15) is 17.5 Å². The number of ether oxygens (including phenoxy) is 8. The SMILES string of the molecule is COc1ccc2cc3[n+](cc2c1OCCCOc1c(OC)ccc2cc4[n+](cc12)CCc1cc2c(cc1-4)OCO2)CCc1cc2c(cc1-3)OCO2.[Cl-].[Cl-]. The Hall–Kier alpha value is -5.32. The summed E-state index contributed by atoms with van der Waals surface area (Å²) in [5.41, 5.74) is 7.16. The molecule has 4 aliphatic heterocycles. The zero-order chi connectivity index (χ0) is 34.1. The van der Waals surface area contributed by atoms with Crippen molar-refractivity contribution >= 4 is 21.5 Å². The molecule has 53 heavy (non-hydrogen) atoms. The Morgan fingerprint density at radius 2 is 1.00 bits per heavy atom. The summed E-state index contributed by atoms with van der Waals surface area (Å²) in [6.45, 7) is 3.15. The summed E-state index contributed by atoms with van der Waals surface area (Å²) in [4.78, 5) is 0. The normalized spacial score (nSPS) is 13.9. The van der Waals surface area contributed by atoms with E-state index in [0.29, 0.717) is 31.1 Å². The van der Waals surface area contributed by atoms with Crippen molar-refractivity contribution in [1.29, 1.82) is 0 Å². The first-order chi connectivity index (χ1) is 25.1. The van der Waals surface area contributed by atoms with Crippen molar-refractivity contribution in [2.45, 2.75) is 32.4 Å². The second kappa shape index (κ2) is 13.9. The van der Waals surface area contributed by atoms with E-state index in [2.05, 4.69) is 70.1 Å². The number of hydrogen-bond donors (Lipinski definition) is 0. The monoisotopic (exact) mass is 754 g/mol. The van der Waals surface area contributed by atoms with Crippen LogP contribution in [0.3, 0.4) is 0 Å². The van der Waals surface area contributed by atoms with Gasteiger partial charge in [0, 0.05) is 31.4 Å². The highest BCUT2D eigenvalue weighted by Gasteiger charge is 2.30. The summed E-state index contributed by atoms with van der Waals surface area (Å²) >= 11 is 0. The van der Waals surface area contributed by atoms with Gasteiger partial charge in [-0.3, -0.25) is 0 Å². The van der Waals surface area contributed by atoms with Crippen LogP contribution in [-0.4, -0.2) is 41.0 Å². The summed E-state index contributed by atoms with van der Waals surface area (Å²) in [7, 11) is 3.36. The molecule has 272 valence electrons. The van der Waals surface area contributed by atoms with Crippen LogP contribution in [-0.2, 0) is 25.9 Å². The number of benzene rings is 4. The fourth-order valence-electron chi connectivity index (χ4n) is 7.82. The number of methoxy groups -OCH3 is 2. The average molecular weight is 756 g/mol. The van der Waals surface area contributed by atoms with Crippen LogP contribution in [0.4, 0.5) is 0 Å². The van der Waals surface area contributed by atoms with Crippen LogP contribution in [0.2, 0.25) is 0 Å². The largest absolute Gasteiger partial charge is 1.00 e. The zero-order valence-corrected chi connectivity index (χ0v) is 30.7. The molecule has 0 saturated carbocycles. The molecule has 0 fully saturated rings. The summed E-state index contributed by atoms with van der Waals surface area (Å²) in [6, 6.07) is 21.0. The first kappa shape index (κ1) is 34.7. The lowest BCUT2D eigenvalue weighted by molar-refractivity contribution is -0.686. The highest BCUT2D eigenvalue weighted by atomic mass is 35.5. The van der Waals surface area contributed by atoms with Gasteiger partial charge < -0.3 is 62.7 Å². The molecule has 0 radical (unpaired) electrons. The Morgan fingerprint density at radius 3 is 1.43 bits per heavy atom. The van der Waals surface area contributed by atoms with E-state index < -0.39 is 0 Å². The van der Waals surface area contributed by atoms with Crippen molar-refractivity contribution in [3.8, 4) is 68.5 Å². The van der Waals surface area contributed by atoms with Crippen molar-refractivity contribution < 1.29 is 71.8 Å². The van der Waals surface area contributed by atoms with E-state index in [1.807, 2.05) is 12.1 Å². The van der Waals surface area contributed by atoms with Gasteiger partial charge in [-0.25, -0.2) is 0 Å². The first-order valence-corrected chi connectivity index (χ1v) is 17.3. The smallest absolute Gasteiger partial charge is 0.231 e. The predicted octanol–water partition coefficient (Wildman–Crippen LogP) is 0.345. The molecule has 4 aliphatic rings. The minimum atomic E-state index is 0. The van der Waals surface area contributed by atoms with Gasteiger partial charge in [0.25, 0.3) is 0 Å². The number of rotatable bonds is 8. The number of nitrogens with zero attached hydrogens (tertiary/aromatic N) is 2. The summed E-state index contributed by atoms with van der Waals surface area (Å²) < 4.78 is 51.7. The number of aryl methyl sites for hydroxylation is 4. The maximum Gasteiger partial charge on any atom is 0.231 e. The molecule has 4 aromatic carbocycles. The molecule has 6 aromatic rings. The Balaban J connectivity index is 0.00000200. The van der Waals surface area contributed by atoms with E-state index in [1.165, 1.54) is 22.3 Å². The van der Waals surface area contributed by atoms with E-state index in [9.17, 15) is 0 Å². The standard InChI is InChI=1S/C41H36N2O8.2ClH/c1-44-34-6-4-24-14-32-28-18-38-36(48-22-50-38)16-26(28)8-10-42(32)20-30(24)40(34)46-12-3-13-47-41-31-21-43-11-9-27-17-37-39(51-23-49-37)19-29(27)33(43)15-25(31)5-7-35(41)45-2;;/h4-7,14-21H,3,8-13,22-23H2,1-2H3;2*1H/q+2;;/p-2. The maximum absolute atomic E-state index is 6.47. The number of aromatic nitrogens is 2. The third kappa shape index (κ3) is 5.81. The highest BCUT2D eigenvalue weighted by molar-refractivity contribution is 5.93. The van der Waals surface area contributed by atoms with Gasteiger partial charge in [0.15, 0.2) is 71.5 Å². The van der Waals surface area contributed by atoms with E-state index in [4.69, 9.17) is 37.9 Å². The molecule has 10 nitrogen and oxygen atoms in total. The first-order valence-electron chi connectivity index (χ1n) is 17.3. The van der Waals surface area contributed by atoms with Gasteiger partial charge in [0.1, 0.15) is 0 Å². The molecule has 0 spiro atoms. The topological polar surface area (TPSA) is 81.6 Å². The van der Waals surface area contributed by atoms with Crippen LogP contribution >= 0.6 is 0 Å². The molecule has 0 N–H and O–H groups in total. The van der Waals surface area contributed by atoms with Crippen LogP contribution in [0.5, 0.6) is 46.0 Å². The summed E-state index contributed by atoms with van der Waals surface area (Å²) in [6.07, 6.45) is 6.84. The second-order valence-corrected chi connectivity index (χ2v) is 13.2. The van der Waals surface area contributed by atoms with E-state index >= 15 is 0 Å². The molecule has 2 aromatic heterocycles. The Kier molecular flexibility index (Phi) is 9.12. The van der Waals surface area contributed by atoms with E-state index in [-0.39, 0.29) is 38.4 Å². The molecular formula is C41H36Cl2N2O8. The zero-order valence-electron chi connectivity index (χ0n) is 29.2. The minimum absolute atomic E-state index is 0. The second-order valence-electron chi connectivity index (χ2n) is 13.2. The van der Waals surface area contributed by atoms with Crippen molar-refractivity contribution in [3.63, 3.8) is 0 Å². The van der Waals surface area contributed by atoms with Crippen LogP contribution in [0.25, 0.3) is 44.1 Å².